The van der Waals surface area contributed by atoms with E-state index in [1.807, 2.05) is 0 Å². The second kappa shape index (κ2) is 9.51. The Labute approximate surface area is 205 Å². The van der Waals surface area contributed by atoms with Crippen LogP contribution < -0.4 is 4.72 Å². The van der Waals surface area contributed by atoms with E-state index in [0.29, 0.717) is 27.9 Å². The van der Waals surface area contributed by atoms with Crippen LogP contribution >= 0.6 is 11.3 Å². The number of hydrogen-bond donors (Lipinski definition) is 3. The Morgan fingerprint density at radius 3 is 2.89 bits per heavy atom. The van der Waals surface area contributed by atoms with E-state index in [2.05, 4.69) is 14.7 Å². The first kappa shape index (κ1) is 23.1. The van der Waals surface area contributed by atoms with E-state index in [1.165, 1.54) is 23.6 Å². The molecule has 7 nitrogen and oxygen atoms in total. The van der Waals surface area contributed by atoms with Crippen LogP contribution in [0.5, 0.6) is 0 Å². The number of ketones is 1. The molecule has 0 saturated carbocycles. The van der Waals surface area contributed by atoms with Crippen molar-refractivity contribution in [3.05, 3.63) is 83.0 Å². The lowest BCUT2D eigenvalue weighted by Crippen LogP contribution is -2.18. The van der Waals surface area contributed by atoms with Crippen LogP contribution in [-0.2, 0) is 10.0 Å². The van der Waals surface area contributed by atoms with E-state index in [1.54, 1.807) is 31.3 Å². The number of sulfonamides is 1. The smallest absolute Gasteiger partial charge is 0.232 e. The van der Waals surface area contributed by atoms with E-state index < -0.39 is 38.7 Å². The molecule has 0 aliphatic rings. The van der Waals surface area contributed by atoms with Gasteiger partial charge in [-0.3, -0.25) is 14.9 Å². The third kappa shape index (κ3) is 4.77. The number of nitrogens with one attached hydrogen (secondary N) is 3. The van der Waals surface area contributed by atoms with Gasteiger partial charge in [-0.25, -0.2) is 22.2 Å². The van der Waals surface area contributed by atoms with Crippen LogP contribution in [0.1, 0.15) is 35.5 Å². The normalized spacial score (nSPS) is 12.3. The number of anilines is 1. The van der Waals surface area contributed by atoms with Crippen molar-refractivity contribution in [2.45, 2.75) is 13.3 Å². The fourth-order valence-electron chi connectivity index (χ4n) is 3.51. The highest BCUT2D eigenvalue weighted by Crippen LogP contribution is 2.32. The summed E-state index contributed by atoms with van der Waals surface area (Å²) < 4.78 is 63.2. The zero-order valence-electron chi connectivity index (χ0n) is 19.4. The number of allylic oxidation sites excluding steroid dienone is 1. The molecule has 0 unspecified atom stereocenters. The third-order valence-corrected chi connectivity index (χ3v) is 7.80. The summed E-state index contributed by atoms with van der Waals surface area (Å²) >= 11 is 1.29. The Kier molecular flexibility index (Phi) is 6.27. The van der Waals surface area contributed by atoms with Gasteiger partial charge >= 0.3 is 0 Å². The number of fused-ring (bicyclic) bond motifs is 1. The molecule has 0 aliphatic carbocycles. The van der Waals surface area contributed by atoms with Gasteiger partial charge in [-0.05, 0) is 42.8 Å². The zero-order valence-corrected chi connectivity index (χ0v) is 20.0. The molecular formula is C24H20F2N4O3S2. The van der Waals surface area contributed by atoms with Crippen LogP contribution in [0.15, 0.2) is 55.4 Å². The van der Waals surface area contributed by atoms with Crippen molar-refractivity contribution in [3.8, 4) is 10.4 Å². The van der Waals surface area contributed by atoms with Gasteiger partial charge in [-0.2, -0.15) is 0 Å². The van der Waals surface area contributed by atoms with Gasteiger partial charge in [-0.15, -0.1) is 11.3 Å². The van der Waals surface area contributed by atoms with Gasteiger partial charge in [-0.1, -0.05) is 13.5 Å². The van der Waals surface area contributed by atoms with Crippen molar-refractivity contribution in [2.75, 3.05) is 10.5 Å². The van der Waals surface area contributed by atoms with E-state index in [4.69, 9.17) is 6.78 Å². The Morgan fingerprint density at radius 1 is 1.34 bits per heavy atom. The second-order valence-electron chi connectivity index (χ2n) is 7.60. The summed E-state index contributed by atoms with van der Waals surface area (Å²) in [5.74, 6) is -3.66. The lowest BCUT2D eigenvalue weighted by molar-refractivity contribution is 0.103. The number of aromatic amines is 1. The predicted molar refractivity (Wildman–Crippen MR) is 134 cm³/mol. The molecular weight excluding hydrogens is 494 g/mol. The van der Waals surface area contributed by atoms with Crippen molar-refractivity contribution in [2.24, 2.45) is 0 Å². The summed E-state index contributed by atoms with van der Waals surface area (Å²) in [5.41, 5.74) is -0.309. The van der Waals surface area contributed by atoms with E-state index in [9.17, 15) is 17.6 Å². The molecule has 0 spiro atoms. The summed E-state index contributed by atoms with van der Waals surface area (Å²) in [6.45, 7) is 2.67. The third-order valence-electron chi connectivity index (χ3n) is 5.15. The van der Waals surface area contributed by atoms with Crippen molar-refractivity contribution in [1.29, 1.82) is 5.41 Å². The SMILES string of the molecule is [H]/C=C\C(=N)c1ccc(-c2cnc3[nH]cc(C(=O)c4c(F)ccc(NS(=O)(=O)CCC)c4F)c3c2)s1. The molecule has 4 rings (SSSR count). The monoisotopic (exact) mass is 514 g/mol. The molecule has 4 aromatic rings. The highest BCUT2D eigenvalue weighted by molar-refractivity contribution is 7.92. The Hall–Kier alpha value is -3.70. The summed E-state index contributed by atoms with van der Waals surface area (Å²) in [6, 6.07) is 6.92. The first-order chi connectivity index (χ1) is 17.1. The van der Waals surface area contributed by atoms with E-state index >= 15 is 4.39 Å². The van der Waals surface area contributed by atoms with Crippen LogP contribution in [0.2, 0.25) is 0 Å². The topological polar surface area (TPSA) is 116 Å². The molecule has 0 fully saturated rings. The van der Waals surface area contributed by atoms with Crippen molar-refractivity contribution < 1.29 is 23.4 Å². The first-order valence-electron chi connectivity index (χ1n) is 11.0. The van der Waals surface area contributed by atoms with Gasteiger partial charge in [0, 0.05) is 33.8 Å². The zero-order chi connectivity index (χ0) is 26.0. The minimum atomic E-state index is -3.86. The molecule has 0 bridgehead atoms. The van der Waals surface area contributed by atoms with Gasteiger partial charge in [0.15, 0.2) is 5.82 Å². The highest BCUT2D eigenvalue weighted by atomic mass is 32.2. The predicted octanol–water partition coefficient (Wildman–Crippen LogP) is 5.51. The van der Waals surface area contributed by atoms with Crippen molar-refractivity contribution >= 4 is 49.6 Å². The maximum absolute atomic E-state index is 15.2. The number of halogens is 2. The fraction of sp³-hybridized carbons (Fsp3) is 0.125. The Bertz CT molecular complexity index is 1630. The number of carbonyl (C=O) groups is 1. The number of pyridine rings is 1. The summed E-state index contributed by atoms with van der Waals surface area (Å²) in [7, 11) is -3.86. The van der Waals surface area contributed by atoms with Gasteiger partial charge in [0.1, 0.15) is 11.5 Å². The maximum Gasteiger partial charge on any atom is 0.232 e. The molecule has 180 valence electrons. The molecule has 0 amide bonds. The summed E-state index contributed by atoms with van der Waals surface area (Å²) in [5, 5.41) is 8.28. The van der Waals surface area contributed by atoms with Gasteiger partial charge in [0.2, 0.25) is 15.8 Å². The minimum Gasteiger partial charge on any atom is -0.345 e. The second-order valence-corrected chi connectivity index (χ2v) is 10.5. The largest absolute Gasteiger partial charge is 0.345 e. The molecule has 3 N–H and O–H groups in total. The molecule has 1 aromatic carbocycles. The fourth-order valence-corrected chi connectivity index (χ4v) is 5.56. The Morgan fingerprint density at radius 2 is 2.14 bits per heavy atom. The molecule has 0 saturated heterocycles. The highest BCUT2D eigenvalue weighted by Gasteiger charge is 2.26. The van der Waals surface area contributed by atoms with Crippen LogP contribution in [0.25, 0.3) is 21.5 Å². The number of nitrogens with zero attached hydrogens (tertiary/aromatic N) is 1. The maximum atomic E-state index is 15.2. The molecule has 0 radical (unpaired) electrons. The standard InChI is InChI=1S/C24H20F2N4O3S2/c1-3-9-35(32,33)30-18-6-5-16(25)21(22(18)26)23(31)15-12-29-24-14(15)10-13(11-28-24)19-7-8-20(34-19)17(27)4-2/h4-8,10-12,27,30H,2-3,9H2,1H3,(H,28,29). The number of carbonyl (C=O) groups excluding carboxylic acids is 1. The number of H-pyrrole nitrogens is 1. The number of aromatic nitrogens is 2. The van der Waals surface area contributed by atoms with Gasteiger partial charge in [0.05, 0.1) is 29.0 Å². The lowest BCUT2D eigenvalue weighted by Gasteiger charge is -2.11. The Balaban J connectivity index is 1.74. The average molecular weight is 515 g/mol. The quantitative estimate of drug-likeness (QED) is 0.202. The summed E-state index contributed by atoms with van der Waals surface area (Å²) in [4.78, 5) is 21.8. The van der Waals surface area contributed by atoms with Crippen molar-refractivity contribution in [3.63, 3.8) is 0 Å². The number of benzene rings is 1. The van der Waals surface area contributed by atoms with Gasteiger partial charge < -0.3 is 4.98 Å². The molecule has 0 aliphatic heterocycles. The van der Waals surface area contributed by atoms with Crippen LogP contribution in [-0.4, -0.2) is 35.6 Å². The van der Waals surface area contributed by atoms with Gasteiger partial charge in [0.25, 0.3) is 0 Å². The van der Waals surface area contributed by atoms with Crippen LogP contribution in [0, 0.1) is 17.0 Å². The van der Waals surface area contributed by atoms with Crippen LogP contribution in [0.3, 0.4) is 0 Å². The first-order valence-corrected chi connectivity index (χ1v) is 12.9. The molecule has 35 heavy (non-hydrogen) atoms. The number of hydrogen-bond acceptors (Lipinski definition) is 6. The number of thiophene rings is 1. The number of rotatable bonds is 9. The molecule has 11 heteroatoms. The van der Waals surface area contributed by atoms with Crippen molar-refractivity contribution in [1.82, 2.24) is 9.97 Å². The lowest BCUT2D eigenvalue weighted by atomic mass is 10.0. The molecule has 3 heterocycles. The summed E-state index contributed by atoms with van der Waals surface area (Å²) in [6.07, 6.45) is 4.50. The van der Waals surface area contributed by atoms with E-state index in [0.717, 1.165) is 23.6 Å². The minimum absolute atomic E-state index is 0.0348. The molecule has 3 aromatic heterocycles. The van der Waals surface area contributed by atoms with Crippen LogP contribution in [0.4, 0.5) is 14.5 Å². The van der Waals surface area contributed by atoms with E-state index in [-0.39, 0.29) is 17.0 Å². The average Bonchev–Trinajstić information content (AvgIpc) is 3.48. The molecule has 0 atom stereocenters.